The van der Waals surface area contributed by atoms with Crippen LogP contribution < -0.4 is 16.8 Å². The highest BCUT2D eigenvalue weighted by Crippen LogP contribution is 2.17. The van der Waals surface area contributed by atoms with Gasteiger partial charge in [-0.15, -0.1) is 0 Å². The Balaban J connectivity index is 2.99. The maximum Gasteiger partial charge on any atom is 0.339 e. The van der Waals surface area contributed by atoms with Crippen LogP contribution in [0.2, 0.25) is 0 Å². The van der Waals surface area contributed by atoms with Gasteiger partial charge in [-0.1, -0.05) is 11.8 Å². The quantitative estimate of drug-likeness (QED) is 0.410. The second-order valence-electron chi connectivity index (χ2n) is 4.53. The van der Waals surface area contributed by atoms with Gasteiger partial charge in [-0.3, -0.25) is 4.79 Å². The number of anilines is 1. The summed E-state index contributed by atoms with van der Waals surface area (Å²) < 4.78 is 4.75. The van der Waals surface area contributed by atoms with E-state index < -0.39 is 5.97 Å². The molecule has 1 aromatic carbocycles. The van der Waals surface area contributed by atoms with Gasteiger partial charge in [-0.25, -0.2) is 4.79 Å². The van der Waals surface area contributed by atoms with E-state index in [1.54, 1.807) is 18.2 Å². The van der Waals surface area contributed by atoms with E-state index in [0.29, 0.717) is 29.8 Å². The SMILES string of the molecule is COC(=O)c1cc(NC(=O)CCN)ccc1C#CCCCN. The predicted molar refractivity (Wildman–Crippen MR) is 85.2 cm³/mol. The lowest BCUT2D eigenvalue weighted by molar-refractivity contribution is -0.116. The van der Waals surface area contributed by atoms with Crippen molar-refractivity contribution in [2.24, 2.45) is 11.5 Å². The molecule has 0 bridgehead atoms. The fourth-order valence-corrected chi connectivity index (χ4v) is 1.71. The second-order valence-corrected chi connectivity index (χ2v) is 4.53. The van der Waals surface area contributed by atoms with E-state index in [2.05, 4.69) is 17.2 Å². The first kappa shape index (κ1) is 17.7. The van der Waals surface area contributed by atoms with E-state index in [9.17, 15) is 9.59 Å². The van der Waals surface area contributed by atoms with Crippen molar-refractivity contribution >= 4 is 17.6 Å². The minimum atomic E-state index is -0.502. The number of esters is 1. The Morgan fingerprint density at radius 2 is 2.05 bits per heavy atom. The highest BCUT2D eigenvalue weighted by molar-refractivity contribution is 5.96. The van der Waals surface area contributed by atoms with Gasteiger partial charge in [-0.05, 0) is 31.2 Å². The third-order valence-corrected chi connectivity index (χ3v) is 2.81. The fourth-order valence-electron chi connectivity index (χ4n) is 1.71. The van der Waals surface area contributed by atoms with Crippen LogP contribution >= 0.6 is 0 Å². The van der Waals surface area contributed by atoms with Crippen molar-refractivity contribution in [2.75, 3.05) is 25.5 Å². The Labute approximate surface area is 130 Å². The van der Waals surface area contributed by atoms with Crippen molar-refractivity contribution in [1.29, 1.82) is 0 Å². The van der Waals surface area contributed by atoms with Crippen molar-refractivity contribution in [2.45, 2.75) is 19.3 Å². The Morgan fingerprint density at radius 3 is 2.68 bits per heavy atom. The summed E-state index contributed by atoms with van der Waals surface area (Å²) in [6.45, 7) is 0.838. The smallest absolute Gasteiger partial charge is 0.339 e. The molecule has 0 aliphatic carbocycles. The molecule has 22 heavy (non-hydrogen) atoms. The van der Waals surface area contributed by atoms with E-state index in [4.69, 9.17) is 16.2 Å². The molecular formula is C16H21N3O3. The molecule has 5 N–H and O–H groups in total. The summed E-state index contributed by atoms with van der Waals surface area (Å²) >= 11 is 0. The number of carbonyl (C=O) groups is 2. The molecule has 0 saturated carbocycles. The Kier molecular flexibility index (Phi) is 7.68. The first-order valence-electron chi connectivity index (χ1n) is 7.03. The van der Waals surface area contributed by atoms with Crippen LogP contribution in [0, 0.1) is 11.8 Å². The number of unbranched alkanes of at least 4 members (excludes halogenated alkanes) is 1. The Bertz CT molecular complexity index is 588. The average molecular weight is 303 g/mol. The minimum absolute atomic E-state index is 0.208. The summed E-state index contributed by atoms with van der Waals surface area (Å²) in [6, 6.07) is 4.92. The van der Waals surface area contributed by atoms with Crippen LogP contribution in [0.25, 0.3) is 0 Å². The molecule has 0 aliphatic heterocycles. The van der Waals surface area contributed by atoms with Gasteiger partial charge in [0.25, 0.3) is 0 Å². The molecule has 0 aromatic heterocycles. The molecule has 0 unspecified atom stereocenters. The number of ether oxygens (including phenoxy) is 1. The van der Waals surface area contributed by atoms with Gasteiger partial charge in [0.1, 0.15) is 0 Å². The van der Waals surface area contributed by atoms with Crippen molar-refractivity contribution in [3.05, 3.63) is 29.3 Å². The highest BCUT2D eigenvalue weighted by Gasteiger charge is 2.12. The summed E-state index contributed by atoms with van der Waals surface area (Å²) in [5, 5.41) is 2.67. The second kappa shape index (κ2) is 9.55. The van der Waals surface area contributed by atoms with Gasteiger partial charge in [0.05, 0.1) is 12.7 Å². The van der Waals surface area contributed by atoms with E-state index in [1.165, 1.54) is 7.11 Å². The zero-order chi connectivity index (χ0) is 16.4. The molecule has 1 rings (SSSR count). The van der Waals surface area contributed by atoms with Crippen molar-refractivity contribution in [3.8, 4) is 11.8 Å². The Morgan fingerprint density at radius 1 is 1.27 bits per heavy atom. The van der Waals surface area contributed by atoms with E-state index in [-0.39, 0.29) is 18.9 Å². The van der Waals surface area contributed by atoms with Gasteiger partial charge in [-0.2, -0.15) is 0 Å². The molecule has 0 fully saturated rings. The number of amides is 1. The van der Waals surface area contributed by atoms with E-state index in [0.717, 1.165) is 6.42 Å². The largest absolute Gasteiger partial charge is 0.465 e. The standard InChI is InChI=1S/C16H21N3O3/c1-22-16(21)14-11-13(19-15(20)8-10-18)7-6-12(14)5-3-2-4-9-17/h6-7,11H,2,4,8-10,17-18H2,1H3,(H,19,20). The summed E-state index contributed by atoms with van der Waals surface area (Å²) in [4.78, 5) is 23.4. The molecule has 1 aromatic rings. The topological polar surface area (TPSA) is 107 Å². The van der Waals surface area contributed by atoms with E-state index >= 15 is 0 Å². The van der Waals surface area contributed by atoms with Crippen LogP contribution in [0.3, 0.4) is 0 Å². The molecule has 6 nitrogen and oxygen atoms in total. The molecule has 0 heterocycles. The predicted octanol–water partition coefficient (Wildman–Crippen LogP) is 0.851. The molecule has 0 radical (unpaired) electrons. The third-order valence-electron chi connectivity index (χ3n) is 2.81. The Hall–Kier alpha value is -2.36. The van der Waals surface area contributed by atoms with Gasteiger partial charge < -0.3 is 21.5 Å². The molecule has 6 heteroatoms. The minimum Gasteiger partial charge on any atom is -0.465 e. The van der Waals surface area contributed by atoms with Gasteiger partial charge in [0.15, 0.2) is 0 Å². The van der Waals surface area contributed by atoms with Crippen molar-refractivity contribution in [1.82, 2.24) is 0 Å². The number of benzene rings is 1. The molecule has 118 valence electrons. The first-order valence-corrected chi connectivity index (χ1v) is 7.03. The number of nitrogens with two attached hydrogens (primary N) is 2. The fraction of sp³-hybridized carbons (Fsp3) is 0.375. The van der Waals surface area contributed by atoms with Crippen LogP contribution in [0.4, 0.5) is 5.69 Å². The van der Waals surface area contributed by atoms with E-state index in [1.807, 2.05) is 0 Å². The highest BCUT2D eigenvalue weighted by atomic mass is 16.5. The van der Waals surface area contributed by atoms with Crippen LogP contribution in [0.1, 0.15) is 35.2 Å². The first-order chi connectivity index (χ1) is 10.6. The monoisotopic (exact) mass is 303 g/mol. The third kappa shape index (κ3) is 5.56. The van der Waals surface area contributed by atoms with Crippen LogP contribution in [-0.4, -0.2) is 32.1 Å². The molecule has 0 aliphatic rings. The number of hydrogen-bond donors (Lipinski definition) is 3. The lowest BCUT2D eigenvalue weighted by atomic mass is 10.1. The lowest BCUT2D eigenvalue weighted by Gasteiger charge is -2.08. The molecule has 0 saturated heterocycles. The molecular weight excluding hydrogens is 282 g/mol. The van der Waals surface area contributed by atoms with Crippen LogP contribution in [0.15, 0.2) is 18.2 Å². The van der Waals surface area contributed by atoms with Gasteiger partial charge in [0.2, 0.25) is 5.91 Å². The molecule has 1 amide bonds. The zero-order valence-corrected chi connectivity index (χ0v) is 12.6. The number of hydrogen-bond acceptors (Lipinski definition) is 5. The number of carbonyl (C=O) groups excluding carboxylic acids is 2. The van der Waals surface area contributed by atoms with Gasteiger partial charge >= 0.3 is 5.97 Å². The maximum absolute atomic E-state index is 11.8. The summed E-state index contributed by atoms with van der Waals surface area (Å²) in [5.41, 5.74) is 12.1. The lowest BCUT2D eigenvalue weighted by Crippen LogP contribution is -2.16. The van der Waals surface area contributed by atoms with Gasteiger partial charge in [0, 0.05) is 30.6 Å². The zero-order valence-electron chi connectivity index (χ0n) is 12.6. The molecule has 0 spiro atoms. The number of nitrogens with one attached hydrogen (secondary N) is 1. The summed E-state index contributed by atoms with van der Waals surface area (Å²) in [5.74, 6) is 5.18. The number of rotatable bonds is 6. The summed E-state index contributed by atoms with van der Waals surface area (Å²) in [7, 11) is 1.30. The number of methoxy groups -OCH3 is 1. The maximum atomic E-state index is 11.8. The molecule has 0 atom stereocenters. The average Bonchev–Trinajstić information content (AvgIpc) is 2.52. The van der Waals surface area contributed by atoms with Crippen molar-refractivity contribution < 1.29 is 14.3 Å². The van der Waals surface area contributed by atoms with Crippen LogP contribution in [-0.2, 0) is 9.53 Å². The van der Waals surface area contributed by atoms with Crippen molar-refractivity contribution in [3.63, 3.8) is 0 Å². The van der Waals surface area contributed by atoms with Crippen LogP contribution in [0.5, 0.6) is 0 Å². The summed E-state index contributed by atoms with van der Waals surface area (Å²) in [6.07, 6.45) is 1.67. The normalized spacial score (nSPS) is 9.59.